The number of benzene rings is 2. The molecule has 0 bridgehead atoms. The first kappa shape index (κ1) is 20.5. The molecule has 1 amide bonds. The summed E-state index contributed by atoms with van der Waals surface area (Å²) in [4.78, 5) is 17.0. The van der Waals surface area contributed by atoms with Crippen molar-refractivity contribution in [1.29, 1.82) is 0 Å². The van der Waals surface area contributed by atoms with Gasteiger partial charge >= 0.3 is 0 Å². The molecule has 0 aromatic heterocycles. The second kappa shape index (κ2) is 9.30. The Hall–Kier alpha value is -2.24. The summed E-state index contributed by atoms with van der Waals surface area (Å²) in [5.74, 6) is 0.236. The Morgan fingerprint density at radius 1 is 1.04 bits per heavy atom. The smallest absolute Gasteiger partial charge is 0.238 e. The summed E-state index contributed by atoms with van der Waals surface area (Å²) < 4.78 is 13.8. The Labute approximate surface area is 167 Å². The summed E-state index contributed by atoms with van der Waals surface area (Å²) in [6.45, 7) is 10.6. The van der Waals surface area contributed by atoms with Crippen LogP contribution in [0.3, 0.4) is 0 Å². The number of amides is 1. The molecule has 2 aromatic rings. The van der Waals surface area contributed by atoms with Gasteiger partial charge in [0.1, 0.15) is 5.82 Å². The third-order valence-corrected chi connectivity index (χ3v) is 5.38. The molecule has 1 N–H and O–H groups in total. The number of rotatable bonds is 6. The number of para-hydroxylation sites is 1. The zero-order chi connectivity index (χ0) is 20.1. The number of carbonyl (C=O) groups is 1. The predicted octanol–water partition coefficient (Wildman–Crippen LogP) is 4.01. The van der Waals surface area contributed by atoms with Crippen LogP contribution in [0.2, 0.25) is 0 Å². The molecule has 1 fully saturated rings. The lowest BCUT2D eigenvalue weighted by molar-refractivity contribution is -0.117. The van der Waals surface area contributed by atoms with Crippen LogP contribution in [0.5, 0.6) is 0 Å². The Morgan fingerprint density at radius 2 is 1.71 bits per heavy atom. The SMILES string of the molecule is Cc1cccc(C(C)C)c1NC(=O)CN1CCN(Cc2ccccc2F)CC1. The molecule has 150 valence electrons. The minimum absolute atomic E-state index is 0.0266. The lowest BCUT2D eigenvalue weighted by Crippen LogP contribution is -2.48. The lowest BCUT2D eigenvalue weighted by Gasteiger charge is -2.34. The molecule has 0 atom stereocenters. The van der Waals surface area contributed by atoms with Crippen molar-refractivity contribution in [2.24, 2.45) is 0 Å². The van der Waals surface area contributed by atoms with Crippen LogP contribution in [0, 0.1) is 12.7 Å². The van der Waals surface area contributed by atoms with E-state index in [4.69, 9.17) is 0 Å². The van der Waals surface area contributed by atoms with E-state index in [0.29, 0.717) is 19.0 Å². The van der Waals surface area contributed by atoms with Gasteiger partial charge in [0.25, 0.3) is 0 Å². The Morgan fingerprint density at radius 3 is 2.39 bits per heavy atom. The monoisotopic (exact) mass is 383 g/mol. The summed E-state index contributed by atoms with van der Waals surface area (Å²) in [6, 6.07) is 13.1. The maximum atomic E-state index is 13.8. The van der Waals surface area contributed by atoms with Crippen LogP contribution in [0.25, 0.3) is 0 Å². The molecule has 0 aliphatic carbocycles. The number of nitrogens with zero attached hydrogens (tertiary/aromatic N) is 2. The van der Waals surface area contributed by atoms with E-state index in [1.165, 1.54) is 11.6 Å². The molecule has 1 heterocycles. The molecule has 5 heteroatoms. The van der Waals surface area contributed by atoms with E-state index in [2.05, 4.69) is 35.0 Å². The molecule has 0 radical (unpaired) electrons. The molecule has 1 saturated heterocycles. The van der Waals surface area contributed by atoms with Gasteiger partial charge in [-0.3, -0.25) is 14.6 Å². The maximum Gasteiger partial charge on any atom is 0.238 e. The molecule has 4 nitrogen and oxygen atoms in total. The van der Waals surface area contributed by atoms with Crippen molar-refractivity contribution in [2.45, 2.75) is 33.2 Å². The quantitative estimate of drug-likeness (QED) is 0.819. The normalized spacial score (nSPS) is 15.8. The third kappa shape index (κ3) is 5.18. The number of piperazine rings is 1. The van der Waals surface area contributed by atoms with Crippen molar-refractivity contribution in [3.8, 4) is 0 Å². The maximum absolute atomic E-state index is 13.8. The fourth-order valence-corrected chi connectivity index (χ4v) is 3.70. The number of nitrogens with one attached hydrogen (secondary N) is 1. The van der Waals surface area contributed by atoms with Gasteiger partial charge in [-0.1, -0.05) is 50.2 Å². The molecular formula is C23H30FN3O. The summed E-state index contributed by atoms with van der Waals surface area (Å²) in [5.41, 5.74) is 3.94. The van der Waals surface area contributed by atoms with E-state index in [0.717, 1.165) is 43.0 Å². The molecule has 1 aliphatic heterocycles. The van der Waals surface area contributed by atoms with Gasteiger partial charge < -0.3 is 5.32 Å². The fraction of sp³-hybridized carbons (Fsp3) is 0.435. The van der Waals surface area contributed by atoms with Crippen LogP contribution in [0.15, 0.2) is 42.5 Å². The van der Waals surface area contributed by atoms with E-state index in [9.17, 15) is 9.18 Å². The van der Waals surface area contributed by atoms with E-state index < -0.39 is 0 Å². The highest BCUT2D eigenvalue weighted by atomic mass is 19.1. The second-order valence-corrected chi connectivity index (χ2v) is 7.89. The van der Waals surface area contributed by atoms with Crippen LogP contribution >= 0.6 is 0 Å². The fourth-order valence-electron chi connectivity index (χ4n) is 3.70. The lowest BCUT2D eigenvalue weighted by atomic mass is 9.98. The largest absolute Gasteiger partial charge is 0.324 e. The summed E-state index contributed by atoms with van der Waals surface area (Å²) in [6.07, 6.45) is 0. The number of hydrogen-bond donors (Lipinski definition) is 1. The van der Waals surface area contributed by atoms with Crippen molar-refractivity contribution in [3.05, 3.63) is 65.0 Å². The van der Waals surface area contributed by atoms with E-state index in [1.54, 1.807) is 6.07 Å². The molecule has 1 aliphatic rings. The molecule has 0 unspecified atom stereocenters. The first-order chi connectivity index (χ1) is 13.4. The number of anilines is 1. The van der Waals surface area contributed by atoms with E-state index in [1.807, 2.05) is 31.2 Å². The second-order valence-electron chi connectivity index (χ2n) is 7.89. The number of hydrogen-bond acceptors (Lipinski definition) is 3. The minimum atomic E-state index is -0.150. The van der Waals surface area contributed by atoms with Gasteiger partial charge in [0, 0.05) is 44.0 Å². The number of carbonyl (C=O) groups excluding carboxylic acids is 1. The highest BCUT2D eigenvalue weighted by Gasteiger charge is 2.20. The Kier molecular flexibility index (Phi) is 6.81. The average molecular weight is 384 g/mol. The number of halogens is 1. The Balaban J connectivity index is 1.51. The van der Waals surface area contributed by atoms with Crippen molar-refractivity contribution >= 4 is 11.6 Å². The average Bonchev–Trinajstić information content (AvgIpc) is 2.66. The predicted molar refractivity (Wildman–Crippen MR) is 112 cm³/mol. The van der Waals surface area contributed by atoms with Crippen LogP contribution in [-0.2, 0) is 11.3 Å². The summed E-state index contributed by atoms with van der Waals surface area (Å²) >= 11 is 0. The zero-order valence-corrected chi connectivity index (χ0v) is 17.0. The van der Waals surface area contributed by atoms with Gasteiger partial charge in [0.2, 0.25) is 5.91 Å². The van der Waals surface area contributed by atoms with Crippen LogP contribution in [0.4, 0.5) is 10.1 Å². The van der Waals surface area contributed by atoms with Gasteiger partial charge in [0.15, 0.2) is 0 Å². The summed E-state index contributed by atoms with van der Waals surface area (Å²) in [7, 11) is 0. The number of aryl methyl sites for hydroxylation is 1. The molecule has 0 saturated carbocycles. The van der Waals surface area contributed by atoms with Gasteiger partial charge in [0.05, 0.1) is 6.54 Å². The van der Waals surface area contributed by atoms with E-state index in [-0.39, 0.29) is 11.7 Å². The molecule has 2 aromatic carbocycles. The third-order valence-electron chi connectivity index (χ3n) is 5.38. The molecular weight excluding hydrogens is 353 g/mol. The molecule has 28 heavy (non-hydrogen) atoms. The van der Waals surface area contributed by atoms with E-state index >= 15 is 0 Å². The zero-order valence-electron chi connectivity index (χ0n) is 17.0. The van der Waals surface area contributed by atoms with Crippen LogP contribution in [0.1, 0.15) is 36.5 Å². The van der Waals surface area contributed by atoms with Crippen molar-refractivity contribution in [2.75, 3.05) is 38.0 Å². The van der Waals surface area contributed by atoms with Gasteiger partial charge in [-0.05, 0) is 30.0 Å². The van der Waals surface area contributed by atoms with Crippen LogP contribution < -0.4 is 5.32 Å². The highest BCUT2D eigenvalue weighted by Crippen LogP contribution is 2.27. The Bertz CT molecular complexity index is 813. The molecule has 3 rings (SSSR count). The first-order valence-corrected chi connectivity index (χ1v) is 10.0. The van der Waals surface area contributed by atoms with Gasteiger partial charge in [-0.2, -0.15) is 0 Å². The topological polar surface area (TPSA) is 35.6 Å². The van der Waals surface area contributed by atoms with Gasteiger partial charge in [-0.15, -0.1) is 0 Å². The first-order valence-electron chi connectivity index (χ1n) is 10.0. The van der Waals surface area contributed by atoms with Crippen molar-refractivity contribution < 1.29 is 9.18 Å². The van der Waals surface area contributed by atoms with Crippen LogP contribution in [-0.4, -0.2) is 48.4 Å². The van der Waals surface area contributed by atoms with Crippen molar-refractivity contribution in [1.82, 2.24) is 9.80 Å². The molecule has 0 spiro atoms. The van der Waals surface area contributed by atoms with Gasteiger partial charge in [-0.25, -0.2) is 4.39 Å². The van der Waals surface area contributed by atoms with Crippen molar-refractivity contribution in [3.63, 3.8) is 0 Å². The minimum Gasteiger partial charge on any atom is -0.324 e. The standard InChI is InChI=1S/C23H30FN3O/c1-17(2)20-9-6-7-18(3)23(20)25-22(28)16-27-13-11-26(12-14-27)15-19-8-4-5-10-21(19)24/h4-10,17H,11-16H2,1-3H3,(H,25,28). The summed E-state index contributed by atoms with van der Waals surface area (Å²) in [5, 5.41) is 3.12. The highest BCUT2D eigenvalue weighted by molar-refractivity contribution is 5.93.